The molecule has 142 heavy (non-hydrogen) atoms. The Hall–Kier alpha value is -11.2. The molecule has 6 atom stereocenters. The number of halogens is 4. The zero-order valence-corrected chi connectivity index (χ0v) is 88.1. The van der Waals surface area contributed by atoms with Gasteiger partial charge in [-0.25, -0.2) is 37.3 Å². The van der Waals surface area contributed by atoms with Gasteiger partial charge in [-0.2, -0.15) is 111 Å². The number of aromatic nitrogens is 6. The number of terminal acetylenes is 3. The largest absolute Gasteiger partial charge is 0.462 e. The Morgan fingerprint density at radius 1 is 0.437 bits per heavy atom. The van der Waals surface area contributed by atoms with Crippen molar-refractivity contribution in [3.8, 4) is 55.1 Å². The molecule has 0 unspecified atom stereocenters. The first-order valence-corrected chi connectivity index (χ1v) is 47.3. The standard InChI is InChI=1S/2C35H39F2N7O2.C35H41N7O2.6H2S/c1-6-31(45)44-16-15-43(20-27(44)19-38-4)33-28-13-14-42(30-12-8-11-25-10-7-9-23(2)32(25)30)21-29(28)39-34(40-33)46-22-24(3)41(5)26-17-35(36,37)18-26;1-6-31(45)44-16-15-43(21-27(44)19-38-4)33-28-13-14-42(30-12-8-11-25-10-7-9-23(2)32(25)30)22-29(28)39-34(40-33)46-24(3)20-41(5)26-17-35(36,37)18-26;1-6-32(43)42-19-18-41(21-28(42)20-36-4)34-29-16-17-40(31-15-8-12-26-11-7-10-24(2)33(26)31)22-30(29)37-35(38-34)44-23-25(3)39(5)27-13-9-14-27;;;;;;/h2*1,7-12,24,26-27H,13-22H2,2-3,5H3;1,7-8,10-12,15,25,27-28H,9,13-14,16-23H2,2-3,5H3;6*1H2/t2*24-,27-;25-,28-;;;;;;/m000....../s1. The monoisotopic (exact) mass is 2050 g/mol. The summed E-state index contributed by atoms with van der Waals surface area (Å²) >= 11 is 0. The van der Waals surface area contributed by atoms with E-state index in [1.165, 1.54) is 74.0 Å². The molecular formula is C105H131F4N21O6S6. The summed E-state index contributed by atoms with van der Waals surface area (Å²) in [6.45, 7) is 44.9. The van der Waals surface area contributed by atoms with Crippen molar-refractivity contribution in [2.45, 2.75) is 192 Å². The topological polar surface area (TPSA) is 208 Å². The number of aryl methyl sites for hydroxylation is 3. The lowest BCUT2D eigenvalue weighted by molar-refractivity contribution is -0.128. The van der Waals surface area contributed by atoms with Crippen molar-refractivity contribution < 1.29 is 46.2 Å². The second kappa shape index (κ2) is 49.4. The molecule has 0 N–H and O–H groups in total. The molecule has 6 fully saturated rings. The number of alkyl halides is 4. The highest BCUT2D eigenvalue weighted by molar-refractivity contribution is 7.60. The van der Waals surface area contributed by atoms with E-state index < -0.39 is 23.7 Å². The number of ether oxygens (including phenoxy) is 3. The van der Waals surface area contributed by atoms with Crippen molar-refractivity contribution in [1.29, 1.82) is 0 Å². The van der Waals surface area contributed by atoms with E-state index in [-0.39, 0.29) is 199 Å². The summed E-state index contributed by atoms with van der Waals surface area (Å²) in [5.74, 6) is 2.61. The summed E-state index contributed by atoms with van der Waals surface area (Å²) in [4.78, 5) is 103. The molecule has 3 saturated heterocycles. The molecule has 756 valence electrons. The maximum absolute atomic E-state index is 13.5. The second-order valence-corrected chi connectivity index (χ2v) is 37.8. The first-order valence-electron chi connectivity index (χ1n) is 47.3. The van der Waals surface area contributed by atoms with Crippen LogP contribution in [0.1, 0.15) is 116 Å². The van der Waals surface area contributed by atoms with Gasteiger partial charge in [-0.3, -0.25) is 29.1 Å². The Bertz CT molecular complexity index is 6240. The fraction of sp³-hybridized carbons (Fsp3) is 0.486. The van der Waals surface area contributed by atoms with Crippen LogP contribution in [-0.4, -0.2) is 282 Å². The van der Waals surface area contributed by atoms with Crippen molar-refractivity contribution in [3.05, 3.63) is 194 Å². The van der Waals surface area contributed by atoms with Crippen LogP contribution in [0.3, 0.4) is 0 Å². The second-order valence-electron chi connectivity index (χ2n) is 37.8. The fourth-order valence-electron chi connectivity index (χ4n) is 20.8. The summed E-state index contributed by atoms with van der Waals surface area (Å²) in [6, 6.07) is 38.5. The minimum Gasteiger partial charge on any atom is -0.462 e. The maximum Gasteiger partial charge on any atom is 0.318 e. The highest BCUT2D eigenvalue weighted by atomic mass is 32.1. The van der Waals surface area contributed by atoms with E-state index in [0.717, 1.165) is 88.7 Å². The van der Waals surface area contributed by atoms with Gasteiger partial charge < -0.3 is 72.8 Å². The smallest absolute Gasteiger partial charge is 0.318 e. The Morgan fingerprint density at radius 3 is 1.06 bits per heavy atom. The van der Waals surface area contributed by atoms with Crippen molar-refractivity contribution >= 4 is 166 Å². The predicted octanol–water partition coefficient (Wildman–Crippen LogP) is 14.1. The Labute approximate surface area is 874 Å². The molecule has 37 heteroatoms. The molecule has 0 bridgehead atoms. The number of amides is 3. The molecule has 27 nitrogen and oxygen atoms in total. The number of nitrogens with zero attached hydrogens (tertiary/aromatic N) is 21. The number of anilines is 6. The molecule has 3 amide bonds. The minimum absolute atomic E-state index is 0. The van der Waals surface area contributed by atoms with Gasteiger partial charge in [0.15, 0.2) is 0 Å². The molecule has 9 aliphatic rings. The lowest BCUT2D eigenvalue weighted by Crippen LogP contribution is -2.56. The van der Waals surface area contributed by atoms with Crippen molar-refractivity contribution in [1.82, 2.24) is 59.3 Å². The third kappa shape index (κ3) is 25.0. The Morgan fingerprint density at radius 2 is 0.746 bits per heavy atom. The van der Waals surface area contributed by atoms with Crippen LogP contribution in [0.2, 0.25) is 0 Å². The van der Waals surface area contributed by atoms with Crippen molar-refractivity contribution in [2.24, 2.45) is 0 Å². The first kappa shape index (κ1) is 113. The van der Waals surface area contributed by atoms with Gasteiger partial charge in [0, 0.05) is 191 Å². The van der Waals surface area contributed by atoms with E-state index >= 15 is 0 Å². The predicted molar refractivity (Wildman–Crippen MR) is 584 cm³/mol. The first-order chi connectivity index (χ1) is 65.5. The van der Waals surface area contributed by atoms with Crippen LogP contribution in [0, 0.1) is 77.5 Å². The molecule has 18 rings (SSSR count). The number of benzene rings is 6. The highest BCUT2D eigenvalue weighted by Crippen LogP contribution is 2.45. The maximum atomic E-state index is 13.5. The van der Waals surface area contributed by atoms with Crippen molar-refractivity contribution in [3.63, 3.8) is 0 Å². The van der Waals surface area contributed by atoms with Crippen LogP contribution in [0.5, 0.6) is 18.0 Å². The molecule has 0 radical (unpaired) electrons. The van der Waals surface area contributed by atoms with E-state index in [9.17, 15) is 31.9 Å². The van der Waals surface area contributed by atoms with Crippen LogP contribution in [-0.2, 0) is 53.3 Å². The molecule has 9 heterocycles. The van der Waals surface area contributed by atoms with Gasteiger partial charge >= 0.3 is 18.0 Å². The number of hydrogen-bond acceptors (Lipinski definition) is 21. The lowest BCUT2D eigenvalue weighted by atomic mass is 9.86. The Balaban J connectivity index is 0.000000214. The zero-order valence-electron chi connectivity index (χ0n) is 82.1. The normalized spacial score (nSPS) is 19.0. The van der Waals surface area contributed by atoms with Gasteiger partial charge in [0.05, 0.1) is 36.7 Å². The van der Waals surface area contributed by atoms with Crippen LogP contribution in [0.4, 0.5) is 52.1 Å². The van der Waals surface area contributed by atoms with Crippen LogP contribution in [0.15, 0.2) is 109 Å². The summed E-state index contributed by atoms with van der Waals surface area (Å²) in [5.41, 5.74) is 13.0. The third-order valence-corrected chi connectivity index (χ3v) is 28.9. The quantitative estimate of drug-likeness (QED) is 0.0313. The summed E-state index contributed by atoms with van der Waals surface area (Å²) in [6.07, 6.45) is 21.4. The summed E-state index contributed by atoms with van der Waals surface area (Å²) in [5, 5.41) is 7.30. The molecular weight excluding hydrogens is 1920 g/mol. The number of fused-ring (bicyclic) bond motifs is 6. The zero-order chi connectivity index (χ0) is 96.0. The number of carbonyl (C=O) groups is 3. The average Bonchev–Trinajstić information content (AvgIpc) is 0.768. The van der Waals surface area contributed by atoms with Gasteiger partial charge in [-0.15, -0.1) is 19.3 Å². The number of piperazine rings is 3. The Kier molecular flexibility index (Phi) is 39.2. The summed E-state index contributed by atoms with van der Waals surface area (Å²) in [7, 11) is 5.87. The van der Waals surface area contributed by atoms with E-state index in [0.29, 0.717) is 117 Å². The van der Waals surface area contributed by atoms with Crippen LogP contribution >= 0.6 is 81.0 Å². The fourth-order valence-corrected chi connectivity index (χ4v) is 20.8. The van der Waals surface area contributed by atoms with Gasteiger partial charge in [0.1, 0.15) is 54.9 Å². The van der Waals surface area contributed by atoms with E-state index in [2.05, 4.69) is 211 Å². The van der Waals surface area contributed by atoms with E-state index in [4.69, 9.17) is 83.1 Å². The third-order valence-electron chi connectivity index (χ3n) is 28.9. The molecule has 6 aliphatic heterocycles. The summed E-state index contributed by atoms with van der Waals surface area (Å²) < 4.78 is 72.9. The molecule has 3 aliphatic carbocycles. The minimum atomic E-state index is -2.59. The number of hydrogen-bond donors (Lipinski definition) is 0. The molecule has 9 aromatic rings. The van der Waals surface area contributed by atoms with Crippen LogP contribution in [0.25, 0.3) is 46.9 Å². The van der Waals surface area contributed by atoms with Crippen LogP contribution < -0.4 is 43.6 Å². The SMILES string of the molecule is S.S.S.S.S.S.[C-]#[N+]C[C@H]1CN(c2nc(OC[C@H](C)N(C)C3CC(F)(F)C3)nc3c2CCN(c2cccc4cccc(C)c24)C3)CCN1C(=O)C#C.[C-]#[N+]C[C@H]1CN(c2nc(OC[C@H](C)N(C)C3CCC3)nc3c2CCN(c2cccc4cccc(C)c24)C3)CCN1C(=O)C#C.[C-]#[N+]C[C@H]1CN(c2nc(O[C@@H](C)CN(C)C3CC(F)(F)C3)nc3c2CCN(c2cccc4cccc(C)c24)C3)CCN1C(=O)C#C. The molecule has 0 spiro atoms. The van der Waals surface area contributed by atoms with E-state index in [1.807, 2.05) is 37.7 Å². The molecule has 3 saturated carbocycles. The number of rotatable bonds is 24. The van der Waals surface area contributed by atoms with Gasteiger partial charge in [-0.1, -0.05) is 97.4 Å². The van der Waals surface area contributed by atoms with Gasteiger partial charge in [-0.05, 0) is 164 Å². The van der Waals surface area contributed by atoms with Crippen molar-refractivity contribution in [2.75, 3.05) is 168 Å². The molecule has 6 aromatic carbocycles. The van der Waals surface area contributed by atoms with E-state index in [1.54, 1.807) is 14.7 Å². The van der Waals surface area contributed by atoms with Gasteiger partial charge in [0.25, 0.3) is 29.6 Å². The number of carbonyl (C=O) groups excluding carboxylic acids is 3. The average molecular weight is 2050 g/mol. The lowest BCUT2D eigenvalue weighted by Gasteiger charge is -2.43. The highest BCUT2D eigenvalue weighted by Gasteiger charge is 2.50. The number of likely N-dealkylation sites (N-methyl/N-ethyl adjacent to an activating group) is 3. The molecule has 3 aromatic heterocycles. The van der Waals surface area contributed by atoms with Gasteiger partial charge in [0.2, 0.25) is 19.6 Å².